The highest BCUT2D eigenvalue weighted by molar-refractivity contribution is 5.89. The molecular formula is C16H17N3O4. The molecule has 2 heterocycles. The van der Waals surface area contributed by atoms with Gasteiger partial charge >= 0.3 is 0 Å². The molecule has 0 atom stereocenters. The van der Waals surface area contributed by atoms with E-state index in [0.29, 0.717) is 36.2 Å². The number of ether oxygens (including phenoxy) is 3. The topological polar surface area (TPSA) is 79.5 Å². The number of hydrogen-bond donors (Lipinski definition) is 0. The maximum absolute atomic E-state index is 5.80. The van der Waals surface area contributed by atoms with E-state index in [2.05, 4.69) is 15.1 Å². The first-order valence-corrected chi connectivity index (χ1v) is 7.16. The smallest absolute Gasteiger partial charge is 0.264 e. The Balaban J connectivity index is 1.75. The van der Waals surface area contributed by atoms with Gasteiger partial charge in [-0.25, -0.2) is 0 Å². The fourth-order valence-electron chi connectivity index (χ4n) is 2.20. The van der Waals surface area contributed by atoms with E-state index in [0.717, 1.165) is 10.9 Å². The van der Waals surface area contributed by atoms with E-state index in [1.807, 2.05) is 18.2 Å². The zero-order valence-corrected chi connectivity index (χ0v) is 13.0. The summed E-state index contributed by atoms with van der Waals surface area (Å²) in [7, 11) is 3.25. The predicted molar refractivity (Wildman–Crippen MR) is 82.5 cm³/mol. The molecule has 0 N–H and O–H groups in total. The Morgan fingerprint density at radius 1 is 1.13 bits per heavy atom. The van der Waals surface area contributed by atoms with Crippen molar-refractivity contribution in [3.63, 3.8) is 0 Å². The van der Waals surface area contributed by atoms with Gasteiger partial charge in [0.05, 0.1) is 13.7 Å². The number of fused-ring (bicyclic) bond motifs is 1. The summed E-state index contributed by atoms with van der Waals surface area (Å²) in [6.07, 6.45) is 2.29. The van der Waals surface area contributed by atoms with Gasteiger partial charge in [0.1, 0.15) is 17.0 Å². The van der Waals surface area contributed by atoms with E-state index in [-0.39, 0.29) is 6.61 Å². The molecule has 3 rings (SSSR count). The Bertz CT molecular complexity index is 788. The van der Waals surface area contributed by atoms with Crippen LogP contribution in [0.15, 0.2) is 35.0 Å². The molecule has 7 nitrogen and oxygen atoms in total. The van der Waals surface area contributed by atoms with Gasteiger partial charge < -0.3 is 18.7 Å². The summed E-state index contributed by atoms with van der Waals surface area (Å²) in [5, 5.41) is 4.74. The molecule has 0 fully saturated rings. The number of nitrogens with zero attached hydrogens (tertiary/aromatic N) is 3. The quantitative estimate of drug-likeness (QED) is 0.662. The fraction of sp³-hybridized carbons (Fsp3) is 0.312. The Hall–Kier alpha value is -2.67. The van der Waals surface area contributed by atoms with Crippen LogP contribution in [0.5, 0.6) is 11.5 Å². The highest BCUT2D eigenvalue weighted by Crippen LogP contribution is 2.30. The van der Waals surface area contributed by atoms with Crippen molar-refractivity contribution < 1.29 is 18.7 Å². The number of aromatic nitrogens is 3. The Kier molecular flexibility index (Phi) is 4.68. The third-order valence-electron chi connectivity index (χ3n) is 3.31. The normalized spacial score (nSPS) is 10.9. The fourth-order valence-corrected chi connectivity index (χ4v) is 2.20. The van der Waals surface area contributed by atoms with Crippen LogP contribution < -0.4 is 9.47 Å². The molecule has 23 heavy (non-hydrogen) atoms. The summed E-state index contributed by atoms with van der Waals surface area (Å²) in [6, 6.07) is 7.48. The molecular weight excluding hydrogens is 298 g/mol. The maximum Gasteiger partial charge on any atom is 0.264 e. The average molecular weight is 315 g/mol. The van der Waals surface area contributed by atoms with Crippen LogP contribution in [-0.2, 0) is 17.8 Å². The van der Waals surface area contributed by atoms with Crippen molar-refractivity contribution >= 4 is 10.9 Å². The molecule has 0 amide bonds. The first kappa shape index (κ1) is 15.2. The molecule has 0 aliphatic heterocycles. The highest BCUT2D eigenvalue weighted by atomic mass is 16.5. The third-order valence-corrected chi connectivity index (χ3v) is 3.31. The minimum Gasteiger partial charge on any atom is -0.494 e. The molecule has 7 heteroatoms. The third kappa shape index (κ3) is 3.40. The first-order chi connectivity index (χ1) is 11.3. The lowest BCUT2D eigenvalue weighted by atomic mass is 10.2. The van der Waals surface area contributed by atoms with E-state index in [9.17, 15) is 0 Å². The monoisotopic (exact) mass is 315 g/mol. The highest BCUT2D eigenvalue weighted by Gasteiger charge is 2.10. The molecule has 0 saturated heterocycles. The van der Waals surface area contributed by atoms with Crippen LogP contribution in [-0.4, -0.2) is 36.0 Å². The van der Waals surface area contributed by atoms with E-state index in [4.69, 9.17) is 18.7 Å². The van der Waals surface area contributed by atoms with Gasteiger partial charge in [0.15, 0.2) is 12.4 Å². The van der Waals surface area contributed by atoms with Crippen LogP contribution in [0.25, 0.3) is 10.9 Å². The molecule has 1 aromatic carbocycles. The summed E-state index contributed by atoms with van der Waals surface area (Å²) in [5.74, 6) is 2.41. The zero-order valence-electron chi connectivity index (χ0n) is 13.0. The number of benzene rings is 1. The largest absolute Gasteiger partial charge is 0.494 e. The summed E-state index contributed by atoms with van der Waals surface area (Å²) in [6.45, 7) is 0.741. The van der Waals surface area contributed by atoms with Gasteiger partial charge in [-0.05, 0) is 18.2 Å². The van der Waals surface area contributed by atoms with E-state index >= 15 is 0 Å². The lowest BCUT2D eigenvalue weighted by Gasteiger charge is -2.09. The average Bonchev–Trinajstić information content (AvgIpc) is 3.05. The van der Waals surface area contributed by atoms with Gasteiger partial charge in [-0.3, -0.25) is 4.98 Å². The molecule has 0 radical (unpaired) electrons. The van der Waals surface area contributed by atoms with Crippen molar-refractivity contribution in [2.45, 2.75) is 13.0 Å². The molecule has 3 aromatic rings. The standard InChI is InChI=1S/C16H17N3O4/c1-20-9-7-14-18-15(23-19-14)10-22-12-6-8-17-16-11(12)4-3-5-13(16)21-2/h3-6,8H,7,9-10H2,1-2H3. The predicted octanol–water partition coefficient (Wildman–Crippen LogP) is 2.39. The van der Waals surface area contributed by atoms with Crippen molar-refractivity contribution in [2.24, 2.45) is 0 Å². The van der Waals surface area contributed by atoms with Crippen LogP contribution in [0, 0.1) is 0 Å². The molecule has 0 unspecified atom stereocenters. The lowest BCUT2D eigenvalue weighted by molar-refractivity contribution is 0.199. The minimum atomic E-state index is 0.191. The van der Waals surface area contributed by atoms with Crippen molar-refractivity contribution in [3.05, 3.63) is 42.2 Å². The van der Waals surface area contributed by atoms with Gasteiger partial charge in [0.2, 0.25) is 0 Å². The first-order valence-electron chi connectivity index (χ1n) is 7.16. The summed E-state index contributed by atoms with van der Waals surface area (Å²) >= 11 is 0. The van der Waals surface area contributed by atoms with Crippen LogP contribution in [0.2, 0.25) is 0 Å². The van der Waals surface area contributed by atoms with Crippen molar-refractivity contribution in [1.82, 2.24) is 15.1 Å². The van der Waals surface area contributed by atoms with Crippen molar-refractivity contribution in [1.29, 1.82) is 0 Å². The Morgan fingerprint density at radius 2 is 2.04 bits per heavy atom. The van der Waals surface area contributed by atoms with Crippen molar-refractivity contribution in [3.8, 4) is 11.5 Å². The zero-order chi connectivity index (χ0) is 16.1. The van der Waals surface area contributed by atoms with Gasteiger partial charge in [-0.15, -0.1) is 0 Å². The molecule has 0 aliphatic rings. The Morgan fingerprint density at radius 3 is 2.87 bits per heavy atom. The number of methoxy groups -OCH3 is 2. The van der Waals surface area contributed by atoms with Crippen LogP contribution >= 0.6 is 0 Å². The summed E-state index contributed by atoms with van der Waals surface area (Å²) < 4.78 is 21.3. The SMILES string of the molecule is COCCc1noc(COc2ccnc3c(OC)cccc23)n1. The molecule has 0 saturated carbocycles. The van der Waals surface area contributed by atoms with Crippen LogP contribution in [0.4, 0.5) is 0 Å². The van der Waals surface area contributed by atoms with Crippen LogP contribution in [0.3, 0.4) is 0 Å². The molecule has 0 bridgehead atoms. The number of hydrogen-bond acceptors (Lipinski definition) is 7. The molecule has 0 aliphatic carbocycles. The van der Waals surface area contributed by atoms with E-state index in [1.54, 1.807) is 26.5 Å². The van der Waals surface area contributed by atoms with Crippen LogP contribution in [0.1, 0.15) is 11.7 Å². The number of rotatable bonds is 7. The molecule has 120 valence electrons. The lowest BCUT2D eigenvalue weighted by Crippen LogP contribution is -1.99. The second-order valence-electron chi connectivity index (χ2n) is 4.80. The maximum atomic E-state index is 5.80. The van der Waals surface area contributed by atoms with Gasteiger partial charge in [-0.1, -0.05) is 11.2 Å². The number of para-hydroxylation sites is 1. The Labute approximate surface area is 133 Å². The molecule has 0 spiro atoms. The summed E-state index contributed by atoms with van der Waals surface area (Å²) in [4.78, 5) is 8.59. The van der Waals surface area contributed by atoms with Gasteiger partial charge in [0, 0.05) is 25.1 Å². The minimum absolute atomic E-state index is 0.191. The second kappa shape index (κ2) is 7.06. The second-order valence-corrected chi connectivity index (χ2v) is 4.80. The van der Waals surface area contributed by atoms with E-state index < -0.39 is 0 Å². The van der Waals surface area contributed by atoms with Gasteiger partial charge in [-0.2, -0.15) is 4.98 Å². The van der Waals surface area contributed by atoms with Crippen molar-refractivity contribution in [2.75, 3.05) is 20.8 Å². The van der Waals surface area contributed by atoms with E-state index in [1.165, 1.54) is 0 Å². The molecule has 2 aromatic heterocycles. The van der Waals surface area contributed by atoms with Gasteiger partial charge in [0.25, 0.3) is 5.89 Å². The number of pyridine rings is 1. The summed E-state index contributed by atoms with van der Waals surface area (Å²) in [5.41, 5.74) is 0.749.